The van der Waals surface area contributed by atoms with Gasteiger partial charge in [-0.2, -0.15) is 0 Å². The number of rotatable bonds is 6. The molecular formula is C20H21NO5. The van der Waals surface area contributed by atoms with Gasteiger partial charge in [-0.25, -0.2) is 9.59 Å². The summed E-state index contributed by atoms with van der Waals surface area (Å²) in [6.45, 7) is 5.52. The molecule has 0 aromatic heterocycles. The van der Waals surface area contributed by atoms with Gasteiger partial charge in [0, 0.05) is 5.56 Å². The number of esters is 2. The largest absolute Gasteiger partial charge is 0.462 e. The summed E-state index contributed by atoms with van der Waals surface area (Å²) in [6, 6.07) is 11.5. The number of amides is 1. The number of benzene rings is 2. The van der Waals surface area contributed by atoms with E-state index in [1.807, 2.05) is 0 Å². The van der Waals surface area contributed by atoms with Crippen molar-refractivity contribution in [1.82, 2.24) is 0 Å². The molecular weight excluding hydrogens is 334 g/mol. The van der Waals surface area contributed by atoms with Gasteiger partial charge in [0.05, 0.1) is 30.0 Å². The molecule has 26 heavy (non-hydrogen) atoms. The van der Waals surface area contributed by atoms with Crippen LogP contribution in [0.2, 0.25) is 0 Å². The minimum atomic E-state index is -0.575. The molecule has 0 spiro atoms. The fourth-order valence-electron chi connectivity index (χ4n) is 2.40. The predicted molar refractivity (Wildman–Crippen MR) is 97.5 cm³/mol. The second kappa shape index (κ2) is 8.80. The molecule has 1 N–H and O–H groups in total. The van der Waals surface area contributed by atoms with Gasteiger partial charge in [0.1, 0.15) is 0 Å². The van der Waals surface area contributed by atoms with E-state index in [9.17, 15) is 14.4 Å². The van der Waals surface area contributed by atoms with E-state index in [-0.39, 0.29) is 30.0 Å². The molecule has 2 aromatic rings. The number of ether oxygens (including phenoxy) is 2. The summed E-state index contributed by atoms with van der Waals surface area (Å²) >= 11 is 0. The number of carbonyl (C=O) groups excluding carboxylic acids is 3. The molecule has 2 rings (SSSR count). The van der Waals surface area contributed by atoms with E-state index in [1.165, 1.54) is 12.1 Å². The fraction of sp³-hybridized carbons (Fsp3) is 0.250. The van der Waals surface area contributed by atoms with Gasteiger partial charge in [-0.15, -0.1) is 0 Å². The molecule has 0 heterocycles. The maximum absolute atomic E-state index is 12.5. The summed E-state index contributed by atoms with van der Waals surface area (Å²) in [4.78, 5) is 36.8. The molecule has 0 aliphatic heterocycles. The third kappa shape index (κ3) is 4.47. The monoisotopic (exact) mass is 355 g/mol. The van der Waals surface area contributed by atoms with Crippen LogP contribution in [-0.2, 0) is 9.47 Å². The maximum Gasteiger partial charge on any atom is 0.340 e. The summed E-state index contributed by atoms with van der Waals surface area (Å²) in [5, 5.41) is 2.68. The van der Waals surface area contributed by atoms with Gasteiger partial charge in [0.2, 0.25) is 0 Å². The third-order valence-corrected chi connectivity index (χ3v) is 3.64. The molecule has 0 saturated carbocycles. The zero-order valence-corrected chi connectivity index (χ0v) is 15.0. The van der Waals surface area contributed by atoms with Gasteiger partial charge in [0.15, 0.2) is 0 Å². The smallest absolute Gasteiger partial charge is 0.340 e. The highest BCUT2D eigenvalue weighted by molar-refractivity contribution is 6.09. The molecule has 6 nitrogen and oxygen atoms in total. The van der Waals surface area contributed by atoms with Crippen LogP contribution < -0.4 is 5.32 Å². The highest BCUT2D eigenvalue weighted by atomic mass is 16.5. The molecule has 0 unspecified atom stereocenters. The molecule has 0 radical (unpaired) electrons. The van der Waals surface area contributed by atoms with E-state index < -0.39 is 17.8 Å². The average Bonchev–Trinajstić information content (AvgIpc) is 2.63. The van der Waals surface area contributed by atoms with Crippen LogP contribution in [0.5, 0.6) is 0 Å². The summed E-state index contributed by atoms with van der Waals surface area (Å²) in [6.07, 6.45) is 0. The van der Waals surface area contributed by atoms with Crippen LogP contribution in [-0.4, -0.2) is 31.1 Å². The zero-order valence-electron chi connectivity index (χ0n) is 15.0. The lowest BCUT2D eigenvalue weighted by Gasteiger charge is -2.14. The Balaban J connectivity index is 2.45. The van der Waals surface area contributed by atoms with Crippen molar-refractivity contribution in [3.63, 3.8) is 0 Å². The Kier molecular flexibility index (Phi) is 6.49. The normalized spacial score (nSPS) is 10.1. The van der Waals surface area contributed by atoms with E-state index in [1.54, 1.807) is 51.1 Å². The Bertz CT molecular complexity index is 814. The Morgan fingerprint density at radius 1 is 0.885 bits per heavy atom. The molecule has 136 valence electrons. The quantitative estimate of drug-likeness (QED) is 0.801. The zero-order chi connectivity index (χ0) is 19.1. The van der Waals surface area contributed by atoms with E-state index in [4.69, 9.17) is 9.47 Å². The van der Waals surface area contributed by atoms with Crippen LogP contribution in [0.15, 0.2) is 42.5 Å². The second-order valence-electron chi connectivity index (χ2n) is 5.47. The minimum absolute atomic E-state index is 0.182. The first-order valence-electron chi connectivity index (χ1n) is 8.33. The highest BCUT2D eigenvalue weighted by Crippen LogP contribution is 2.24. The summed E-state index contributed by atoms with van der Waals surface area (Å²) in [7, 11) is 0. The van der Waals surface area contributed by atoms with Crippen molar-refractivity contribution in [3.05, 3.63) is 64.7 Å². The van der Waals surface area contributed by atoms with Crippen molar-refractivity contribution in [2.45, 2.75) is 20.8 Å². The number of hydrogen-bond donors (Lipinski definition) is 1. The Hall–Kier alpha value is -3.15. The SMILES string of the molecule is CCOC(=O)c1cc(NC(=O)c2ccccc2)c(C(=O)OCC)cc1C. The molecule has 0 bridgehead atoms. The first kappa shape index (κ1) is 19.2. The molecule has 6 heteroatoms. The van der Waals surface area contributed by atoms with Crippen LogP contribution in [0.1, 0.15) is 50.5 Å². The van der Waals surface area contributed by atoms with Crippen LogP contribution in [0.25, 0.3) is 0 Å². The topological polar surface area (TPSA) is 81.7 Å². The molecule has 0 fully saturated rings. The highest BCUT2D eigenvalue weighted by Gasteiger charge is 2.20. The van der Waals surface area contributed by atoms with Crippen LogP contribution >= 0.6 is 0 Å². The fourth-order valence-corrected chi connectivity index (χ4v) is 2.40. The predicted octanol–water partition coefficient (Wildman–Crippen LogP) is 3.60. The van der Waals surface area contributed by atoms with Gasteiger partial charge in [-0.1, -0.05) is 18.2 Å². The first-order chi connectivity index (χ1) is 12.5. The van der Waals surface area contributed by atoms with Gasteiger partial charge in [-0.3, -0.25) is 4.79 Å². The molecule has 1 amide bonds. The number of nitrogens with one attached hydrogen (secondary N) is 1. The summed E-state index contributed by atoms with van der Waals surface area (Å²) in [5.41, 5.74) is 1.65. The Morgan fingerprint density at radius 3 is 2.04 bits per heavy atom. The second-order valence-corrected chi connectivity index (χ2v) is 5.47. The van der Waals surface area contributed by atoms with E-state index in [2.05, 4.69) is 5.32 Å². The van der Waals surface area contributed by atoms with Crippen molar-refractivity contribution in [1.29, 1.82) is 0 Å². The Morgan fingerprint density at radius 2 is 1.46 bits per heavy atom. The number of aryl methyl sites for hydroxylation is 1. The van der Waals surface area contributed by atoms with Gasteiger partial charge in [-0.05, 0) is 50.6 Å². The van der Waals surface area contributed by atoms with E-state index >= 15 is 0 Å². The number of carbonyl (C=O) groups is 3. The van der Waals surface area contributed by atoms with Crippen LogP contribution in [0, 0.1) is 6.92 Å². The summed E-state index contributed by atoms with van der Waals surface area (Å²) < 4.78 is 10.1. The van der Waals surface area contributed by atoms with Gasteiger partial charge >= 0.3 is 11.9 Å². The lowest BCUT2D eigenvalue weighted by Crippen LogP contribution is -2.18. The van der Waals surface area contributed by atoms with Crippen molar-refractivity contribution < 1.29 is 23.9 Å². The number of anilines is 1. The van der Waals surface area contributed by atoms with Crippen LogP contribution in [0.3, 0.4) is 0 Å². The molecule has 0 aliphatic rings. The van der Waals surface area contributed by atoms with Crippen LogP contribution in [0.4, 0.5) is 5.69 Å². The van der Waals surface area contributed by atoms with Gasteiger partial charge < -0.3 is 14.8 Å². The molecule has 0 saturated heterocycles. The third-order valence-electron chi connectivity index (χ3n) is 3.64. The molecule has 2 aromatic carbocycles. The minimum Gasteiger partial charge on any atom is -0.462 e. The first-order valence-corrected chi connectivity index (χ1v) is 8.33. The van der Waals surface area contributed by atoms with Crippen molar-refractivity contribution in [2.75, 3.05) is 18.5 Å². The molecule has 0 atom stereocenters. The lowest BCUT2D eigenvalue weighted by atomic mass is 10.0. The summed E-state index contributed by atoms with van der Waals surface area (Å²) in [5.74, 6) is -1.49. The molecule has 0 aliphatic carbocycles. The maximum atomic E-state index is 12.5. The lowest BCUT2D eigenvalue weighted by molar-refractivity contribution is 0.0511. The Labute approximate surface area is 152 Å². The van der Waals surface area contributed by atoms with E-state index in [0.29, 0.717) is 11.1 Å². The standard InChI is InChI=1S/C20H21NO5/c1-4-25-19(23)15-12-17(16(11-13(15)3)20(24)26-5-2)21-18(22)14-9-7-6-8-10-14/h6-12H,4-5H2,1-3H3,(H,21,22). The number of hydrogen-bond acceptors (Lipinski definition) is 5. The van der Waals surface area contributed by atoms with Crippen molar-refractivity contribution in [3.8, 4) is 0 Å². The van der Waals surface area contributed by atoms with E-state index in [0.717, 1.165) is 0 Å². The average molecular weight is 355 g/mol. The van der Waals surface area contributed by atoms with Crippen molar-refractivity contribution in [2.24, 2.45) is 0 Å². The van der Waals surface area contributed by atoms with Crippen molar-refractivity contribution >= 4 is 23.5 Å². The van der Waals surface area contributed by atoms with Gasteiger partial charge in [0.25, 0.3) is 5.91 Å².